The number of hydrogen-bond donors (Lipinski definition) is 0. The van der Waals surface area contributed by atoms with E-state index in [4.69, 9.17) is 14.2 Å². The van der Waals surface area contributed by atoms with Gasteiger partial charge in [0.2, 0.25) is 0 Å². The topological polar surface area (TPSA) is 78.9 Å². The van der Waals surface area contributed by atoms with Crippen molar-refractivity contribution in [1.29, 1.82) is 0 Å². The number of unbranched alkanes of at least 4 members (excludes halogenated alkanes) is 32. The Morgan fingerprint density at radius 3 is 0.831 bits per heavy atom. The van der Waals surface area contributed by atoms with Crippen molar-refractivity contribution in [3.8, 4) is 0 Å². The van der Waals surface area contributed by atoms with Crippen LogP contribution in [0.4, 0.5) is 0 Å². The summed E-state index contributed by atoms with van der Waals surface area (Å²) in [5.41, 5.74) is 0. The average molecular weight is 1070 g/mol. The molecule has 0 aliphatic heterocycles. The quantitative estimate of drug-likeness (QED) is 0.0261. The van der Waals surface area contributed by atoms with Crippen LogP contribution in [0, 0.1) is 0 Å². The summed E-state index contributed by atoms with van der Waals surface area (Å²) in [5.74, 6) is -0.950. The molecule has 0 rings (SSSR count). The summed E-state index contributed by atoms with van der Waals surface area (Å²) in [7, 11) is 0. The monoisotopic (exact) mass is 1070 g/mol. The van der Waals surface area contributed by atoms with Gasteiger partial charge in [-0.25, -0.2) is 0 Å². The molecule has 0 saturated heterocycles. The van der Waals surface area contributed by atoms with Crippen LogP contribution < -0.4 is 0 Å². The summed E-state index contributed by atoms with van der Waals surface area (Å²) in [6.07, 6.45) is 87.4. The van der Waals surface area contributed by atoms with Gasteiger partial charge in [-0.1, -0.05) is 298 Å². The molecule has 6 heteroatoms. The fourth-order valence-corrected chi connectivity index (χ4v) is 9.19. The molecule has 0 aliphatic rings. The molecule has 77 heavy (non-hydrogen) atoms. The van der Waals surface area contributed by atoms with E-state index in [0.717, 1.165) is 89.9 Å². The Kier molecular flexibility index (Phi) is 61.8. The van der Waals surface area contributed by atoms with Crippen molar-refractivity contribution in [2.24, 2.45) is 0 Å². The van der Waals surface area contributed by atoms with Crippen LogP contribution in [0.25, 0.3) is 0 Å². The van der Waals surface area contributed by atoms with E-state index in [1.165, 1.54) is 180 Å². The standard InChI is InChI=1S/C71H122O6/c1-4-7-10-13-16-19-21-23-25-27-28-29-30-31-32-33-34-35-36-37-38-39-40-41-42-44-45-47-49-52-55-58-61-64-70(73)76-67-68(66-75-69(72)63-60-57-54-51-18-15-12-9-6-3)77-71(74)65-62-59-56-53-50-48-46-43-26-24-22-20-17-14-11-8-5-2/h8,11,17,20-21,23-24,26-28,30-31,46,48,53,56,68H,4-7,9-10,12-16,18-19,22,25,29,32-45,47,49-52,54-55,57-67H2,1-3H3/b11-8-,20-17-,23-21-,26-24-,28-27-,31-30-,48-46-,56-53-. The van der Waals surface area contributed by atoms with Gasteiger partial charge in [-0.3, -0.25) is 14.4 Å². The van der Waals surface area contributed by atoms with Gasteiger partial charge in [-0.05, 0) is 96.3 Å². The highest BCUT2D eigenvalue weighted by atomic mass is 16.6. The summed E-state index contributed by atoms with van der Waals surface area (Å²) in [5, 5.41) is 0. The maximum atomic E-state index is 12.8. The highest BCUT2D eigenvalue weighted by Gasteiger charge is 2.19. The van der Waals surface area contributed by atoms with Gasteiger partial charge >= 0.3 is 17.9 Å². The van der Waals surface area contributed by atoms with Crippen LogP contribution in [0.3, 0.4) is 0 Å². The highest BCUT2D eigenvalue weighted by molar-refractivity contribution is 5.71. The van der Waals surface area contributed by atoms with E-state index in [-0.39, 0.29) is 37.5 Å². The molecule has 0 aromatic heterocycles. The second-order valence-corrected chi connectivity index (χ2v) is 21.6. The van der Waals surface area contributed by atoms with Gasteiger partial charge in [-0.2, -0.15) is 0 Å². The molecule has 0 aliphatic carbocycles. The molecule has 1 atom stereocenters. The largest absolute Gasteiger partial charge is 0.462 e. The van der Waals surface area contributed by atoms with Gasteiger partial charge in [0.25, 0.3) is 0 Å². The predicted molar refractivity (Wildman–Crippen MR) is 334 cm³/mol. The molecule has 0 saturated carbocycles. The Balaban J connectivity index is 4.13. The Hall–Kier alpha value is -3.67. The van der Waals surface area contributed by atoms with Gasteiger partial charge in [0.05, 0.1) is 0 Å². The number of allylic oxidation sites excluding steroid dienone is 16. The molecule has 442 valence electrons. The Bertz CT molecular complexity index is 1510. The molecule has 0 amide bonds. The lowest BCUT2D eigenvalue weighted by Gasteiger charge is -2.18. The molecular weight excluding hydrogens is 949 g/mol. The number of carbonyl (C=O) groups excluding carboxylic acids is 3. The smallest absolute Gasteiger partial charge is 0.306 e. The van der Waals surface area contributed by atoms with Crippen molar-refractivity contribution in [3.05, 3.63) is 97.2 Å². The van der Waals surface area contributed by atoms with Gasteiger partial charge in [0, 0.05) is 19.3 Å². The predicted octanol–water partition coefficient (Wildman–Crippen LogP) is 22.4. The number of carbonyl (C=O) groups is 3. The van der Waals surface area contributed by atoms with Crippen LogP contribution in [0.1, 0.15) is 316 Å². The third kappa shape index (κ3) is 63.0. The number of rotatable bonds is 59. The average Bonchev–Trinajstić information content (AvgIpc) is 3.43. The zero-order valence-corrected chi connectivity index (χ0v) is 50.7. The first-order valence-corrected chi connectivity index (χ1v) is 32.7. The van der Waals surface area contributed by atoms with Gasteiger partial charge in [0.1, 0.15) is 13.2 Å². The molecule has 0 heterocycles. The first-order valence-electron chi connectivity index (χ1n) is 32.7. The van der Waals surface area contributed by atoms with Gasteiger partial charge in [-0.15, -0.1) is 0 Å². The summed E-state index contributed by atoms with van der Waals surface area (Å²) < 4.78 is 16.8. The summed E-state index contributed by atoms with van der Waals surface area (Å²) in [6, 6.07) is 0. The summed E-state index contributed by atoms with van der Waals surface area (Å²) in [4.78, 5) is 38.1. The van der Waals surface area contributed by atoms with Crippen LogP contribution in [-0.4, -0.2) is 37.2 Å². The molecule has 0 N–H and O–H groups in total. The SMILES string of the molecule is CC/C=C\C/C=C\C/C=C\C/C=C\C/C=C\CCCC(=O)OC(COC(=O)CCCCCCCCCCC)COC(=O)CCCCCCCCCCCCCCCCCCCC/C=C\C/C=C\C/C=C\CCCCCCC. The number of ether oxygens (including phenoxy) is 3. The summed E-state index contributed by atoms with van der Waals surface area (Å²) >= 11 is 0. The van der Waals surface area contributed by atoms with Crippen LogP contribution in [-0.2, 0) is 28.6 Å². The maximum Gasteiger partial charge on any atom is 0.306 e. The molecule has 0 spiro atoms. The molecule has 6 nitrogen and oxygen atoms in total. The molecule has 0 bridgehead atoms. The molecule has 0 aromatic rings. The van der Waals surface area contributed by atoms with Gasteiger partial charge < -0.3 is 14.2 Å². The van der Waals surface area contributed by atoms with E-state index < -0.39 is 6.10 Å². The normalized spacial score (nSPS) is 12.7. The minimum absolute atomic E-state index is 0.0970. The Morgan fingerprint density at radius 1 is 0.273 bits per heavy atom. The first-order chi connectivity index (χ1) is 38.0. The second kappa shape index (κ2) is 64.9. The number of esters is 3. The molecule has 1 unspecified atom stereocenters. The Morgan fingerprint density at radius 2 is 0.519 bits per heavy atom. The lowest BCUT2D eigenvalue weighted by atomic mass is 10.0. The van der Waals surface area contributed by atoms with Crippen molar-refractivity contribution in [3.63, 3.8) is 0 Å². The molecule has 0 radical (unpaired) electrons. The highest BCUT2D eigenvalue weighted by Crippen LogP contribution is 2.17. The fraction of sp³-hybridized carbons (Fsp3) is 0.732. The molecule has 0 aromatic carbocycles. The van der Waals surface area contributed by atoms with Gasteiger partial charge in [0.15, 0.2) is 6.10 Å². The second-order valence-electron chi connectivity index (χ2n) is 21.6. The first kappa shape index (κ1) is 73.3. The minimum Gasteiger partial charge on any atom is -0.462 e. The zero-order chi connectivity index (χ0) is 55.7. The lowest BCUT2D eigenvalue weighted by Crippen LogP contribution is -2.30. The van der Waals surface area contributed by atoms with Crippen molar-refractivity contribution in [2.75, 3.05) is 13.2 Å². The zero-order valence-electron chi connectivity index (χ0n) is 50.7. The summed E-state index contributed by atoms with van der Waals surface area (Å²) in [6.45, 7) is 6.47. The van der Waals surface area contributed by atoms with Crippen molar-refractivity contribution in [2.45, 2.75) is 322 Å². The fourth-order valence-electron chi connectivity index (χ4n) is 9.19. The van der Waals surface area contributed by atoms with Crippen molar-refractivity contribution >= 4 is 17.9 Å². The van der Waals surface area contributed by atoms with Crippen molar-refractivity contribution < 1.29 is 28.6 Å². The lowest BCUT2D eigenvalue weighted by molar-refractivity contribution is -0.167. The molecule has 0 fully saturated rings. The van der Waals surface area contributed by atoms with Crippen molar-refractivity contribution in [1.82, 2.24) is 0 Å². The van der Waals surface area contributed by atoms with E-state index in [1.54, 1.807) is 0 Å². The van der Waals surface area contributed by atoms with E-state index in [9.17, 15) is 14.4 Å². The molecular formula is C71H122O6. The Labute approximate surface area is 477 Å². The van der Waals surface area contributed by atoms with Crippen LogP contribution >= 0.6 is 0 Å². The van der Waals surface area contributed by atoms with E-state index in [2.05, 4.69) is 118 Å². The van der Waals surface area contributed by atoms with E-state index in [1.807, 2.05) is 0 Å². The van der Waals surface area contributed by atoms with E-state index >= 15 is 0 Å². The number of hydrogen-bond acceptors (Lipinski definition) is 6. The van der Waals surface area contributed by atoms with Crippen LogP contribution in [0.2, 0.25) is 0 Å². The van der Waals surface area contributed by atoms with Crippen LogP contribution in [0.15, 0.2) is 97.2 Å². The third-order valence-electron chi connectivity index (χ3n) is 14.1. The van der Waals surface area contributed by atoms with E-state index in [0.29, 0.717) is 19.3 Å². The third-order valence-corrected chi connectivity index (χ3v) is 14.1. The minimum atomic E-state index is -0.804. The van der Waals surface area contributed by atoms with Crippen LogP contribution in [0.5, 0.6) is 0 Å². The maximum absolute atomic E-state index is 12.8.